The van der Waals surface area contributed by atoms with E-state index in [-0.39, 0.29) is 11.6 Å². The molecule has 22 heavy (non-hydrogen) atoms. The highest BCUT2D eigenvalue weighted by atomic mass is 16.5. The highest BCUT2D eigenvalue weighted by Gasteiger charge is 2.35. The third kappa shape index (κ3) is 4.35. The fourth-order valence-electron chi connectivity index (χ4n) is 3.51. The topological polar surface area (TPSA) is 44.8 Å². The standard InChI is InChI=1S/C17H33N3O2/c1-16(2)6-5-10-20(11-7-16)15(21)18-14-17(19(3)4)8-12-22-13-9-17/h5-14H2,1-4H3,(H,18,21). The Morgan fingerprint density at radius 1 is 1.14 bits per heavy atom. The lowest BCUT2D eigenvalue weighted by molar-refractivity contribution is -0.00621. The van der Waals surface area contributed by atoms with E-state index in [2.05, 4.69) is 38.2 Å². The van der Waals surface area contributed by atoms with Gasteiger partial charge in [-0.05, 0) is 51.6 Å². The van der Waals surface area contributed by atoms with Crippen LogP contribution in [0.25, 0.3) is 0 Å². The average molecular weight is 311 g/mol. The Kier molecular flexibility index (Phi) is 5.72. The van der Waals surface area contributed by atoms with Gasteiger partial charge in [0.2, 0.25) is 0 Å². The molecule has 0 aromatic heterocycles. The molecule has 0 aliphatic carbocycles. The van der Waals surface area contributed by atoms with Crippen LogP contribution in [0.15, 0.2) is 0 Å². The first-order chi connectivity index (χ1) is 10.3. The van der Waals surface area contributed by atoms with E-state index in [1.165, 1.54) is 6.42 Å². The van der Waals surface area contributed by atoms with Crippen LogP contribution in [0.3, 0.4) is 0 Å². The van der Waals surface area contributed by atoms with Crippen molar-refractivity contribution in [3.8, 4) is 0 Å². The van der Waals surface area contributed by atoms with Crippen LogP contribution in [0.5, 0.6) is 0 Å². The number of carbonyl (C=O) groups is 1. The van der Waals surface area contributed by atoms with Crippen LogP contribution in [-0.2, 0) is 4.74 Å². The van der Waals surface area contributed by atoms with E-state index in [0.717, 1.165) is 52.0 Å². The predicted octanol–water partition coefficient (Wildman–Crippen LogP) is 2.32. The molecule has 2 amide bonds. The second kappa shape index (κ2) is 7.18. The summed E-state index contributed by atoms with van der Waals surface area (Å²) in [5.41, 5.74) is 0.402. The van der Waals surface area contributed by atoms with Gasteiger partial charge in [0.15, 0.2) is 0 Å². The number of nitrogens with zero attached hydrogens (tertiary/aromatic N) is 2. The van der Waals surface area contributed by atoms with E-state index in [0.29, 0.717) is 12.0 Å². The summed E-state index contributed by atoms with van der Waals surface area (Å²) in [6.45, 7) is 8.64. The molecule has 0 bridgehead atoms. The fourth-order valence-corrected chi connectivity index (χ4v) is 3.51. The maximum atomic E-state index is 12.5. The number of urea groups is 1. The van der Waals surface area contributed by atoms with Gasteiger partial charge in [-0.2, -0.15) is 0 Å². The maximum Gasteiger partial charge on any atom is 0.317 e. The highest BCUT2D eigenvalue weighted by Crippen LogP contribution is 2.30. The first kappa shape index (κ1) is 17.5. The summed E-state index contributed by atoms with van der Waals surface area (Å²) in [6.07, 6.45) is 5.36. The average Bonchev–Trinajstić information content (AvgIpc) is 2.66. The van der Waals surface area contributed by atoms with Gasteiger partial charge in [-0.15, -0.1) is 0 Å². The molecule has 5 nitrogen and oxygen atoms in total. The molecular formula is C17H33N3O2. The van der Waals surface area contributed by atoms with Gasteiger partial charge in [0, 0.05) is 38.4 Å². The molecule has 5 heteroatoms. The van der Waals surface area contributed by atoms with Crippen molar-refractivity contribution in [3.05, 3.63) is 0 Å². The summed E-state index contributed by atoms with van der Waals surface area (Å²) in [4.78, 5) is 16.8. The Labute approximate surface area is 135 Å². The lowest BCUT2D eigenvalue weighted by Gasteiger charge is -2.43. The molecule has 0 saturated carbocycles. The van der Waals surface area contributed by atoms with Crippen molar-refractivity contribution in [2.45, 2.75) is 51.5 Å². The van der Waals surface area contributed by atoms with Crippen molar-refractivity contribution in [1.29, 1.82) is 0 Å². The molecule has 2 saturated heterocycles. The summed E-state index contributed by atoms with van der Waals surface area (Å²) in [7, 11) is 4.21. The molecule has 2 rings (SSSR count). The minimum Gasteiger partial charge on any atom is -0.381 e. The minimum atomic E-state index is 0.0407. The van der Waals surface area contributed by atoms with E-state index < -0.39 is 0 Å². The third-order valence-corrected chi connectivity index (χ3v) is 5.57. The van der Waals surface area contributed by atoms with Gasteiger partial charge >= 0.3 is 6.03 Å². The molecule has 0 spiro atoms. The van der Waals surface area contributed by atoms with Crippen LogP contribution in [-0.4, -0.2) is 68.3 Å². The SMILES string of the molecule is CN(C)C1(CNC(=O)N2CCCC(C)(C)CC2)CCOCC1. The van der Waals surface area contributed by atoms with Gasteiger partial charge in [0.1, 0.15) is 0 Å². The minimum absolute atomic E-state index is 0.0407. The zero-order valence-electron chi connectivity index (χ0n) is 14.8. The van der Waals surface area contributed by atoms with E-state index in [9.17, 15) is 4.79 Å². The number of nitrogens with one attached hydrogen (secondary N) is 1. The van der Waals surface area contributed by atoms with E-state index in [1.54, 1.807) is 0 Å². The molecule has 0 aromatic carbocycles. The number of likely N-dealkylation sites (N-methyl/N-ethyl adjacent to an activating group) is 1. The number of carbonyl (C=O) groups excluding carboxylic acids is 1. The van der Waals surface area contributed by atoms with Gasteiger partial charge < -0.3 is 19.9 Å². The fraction of sp³-hybridized carbons (Fsp3) is 0.941. The lowest BCUT2D eigenvalue weighted by Crippen LogP contribution is -2.57. The molecule has 2 heterocycles. The number of hydrogen-bond donors (Lipinski definition) is 1. The monoisotopic (exact) mass is 311 g/mol. The van der Waals surface area contributed by atoms with Crippen molar-refractivity contribution in [3.63, 3.8) is 0 Å². The molecule has 0 aromatic rings. The molecule has 2 fully saturated rings. The summed E-state index contributed by atoms with van der Waals surface area (Å²) < 4.78 is 5.49. The van der Waals surface area contributed by atoms with Crippen LogP contribution < -0.4 is 5.32 Å². The normalized spacial score (nSPS) is 24.9. The number of amides is 2. The molecule has 1 N–H and O–H groups in total. The smallest absolute Gasteiger partial charge is 0.317 e. The van der Waals surface area contributed by atoms with Crippen molar-refractivity contribution in [1.82, 2.24) is 15.1 Å². The quantitative estimate of drug-likeness (QED) is 0.870. The molecule has 0 radical (unpaired) electrons. The Bertz CT molecular complexity index is 376. The van der Waals surface area contributed by atoms with E-state index >= 15 is 0 Å². The van der Waals surface area contributed by atoms with Gasteiger partial charge in [-0.1, -0.05) is 13.8 Å². The molecule has 0 unspecified atom stereocenters. The van der Waals surface area contributed by atoms with Gasteiger partial charge in [-0.3, -0.25) is 0 Å². The molecular weight excluding hydrogens is 278 g/mol. The molecule has 2 aliphatic rings. The Balaban J connectivity index is 1.88. The molecule has 128 valence electrons. The van der Waals surface area contributed by atoms with E-state index in [1.807, 2.05) is 4.90 Å². The Morgan fingerprint density at radius 2 is 1.82 bits per heavy atom. The van der Waals surface area contributed by atoms with Crippen LogP contribution in [0, 0.1) is 5.41 Å². The third-order valence-electron chi connectivity index (χ3n) is 5.57. The maximum absolute atomic E-state index is 12.5. The number of ether oxygens (including phenoxy) is 1. The first-order valence-electron chi connectivity index (χ1n) is 8.63. The summed E-state index contributed by atoms with van der Waals surface area (Å²) in [5.74, 6) is 0. The van der Waals surface area contributed by atoms with Crippen LogP contribution in [0.4, 0.5) is 4.79 Å². The number of likely N-dealkylation sites (tertiary alicyclic amines) is 1. The van der Waals surface area contributed by atoms with Gasteiger partial charge in [-0.25, -0.2) is 4.79 Å². The highest BCUT2D eigenvalue weighted by molar-refractivity contribution is 5.74. The Morgan fingerprint density at radius 3 is 2.45 bits per heavy atom. The van der Waals surface area contributed by atoms with Crippen LogP contribution >= 0.6 is 0 Å². The Hall–Kier alpha value is -0.810. The van der Waals surface area contributed by atoms with Crippen molar-refractivity contribution >= 4 is 6.03 Å². The zero-order chi connectivity index (χ0) is 16.2. The second-order valence-electron chi connectivity index (χ2n) is 7.89. The molecule has 2 aliphatic heterocycles. The van der Waals surface area contributed by atoms with Gasteiger partial charge in [0.05, 0.1) is 0 Å². The zero-order valence-corrected chi connectivity index (χ0v) is 14.8. The summed E-state index contributed by atoms with van der Waals surface area (Å²) in [6, 6.07) is 0.102. The molecule has 0 atom stereocenters. The van der Waals surface area contributed by atoms with Crippen molar-refractivity contribution in [2.24, 2.45) is 5.41 Å². The second-order valence-corrected chi connectivity index (χ2v) is 7.89. The predicted molar refractivity (Wildman–Crippen MR) is 89.1 cm³/mol. The number of hydrogen-bond acceptors (Lipinski definition) is 3. The van der Waals surface area contributed by atoms with Crippen molar-refractivity contribution < 1.29 is 9.53 Å². The van der Waals surface area contributed by atoms with E-state index in [4.69, 9.17) is 4.74 Å². The largest absolute Gasteiger partial charge is 0.381 e. The van der Waals surface area contributed by atoms with Crippen LogP contribution in [0.2, 0.25) is 0 Å². The lowest BCUT2D eigenvalue weighted by atomic mass is 9.85. The first-order valence-corrected chi connectivity index (χ1v) is 8.63. The van der Waals surface area contributed by atoms with Crippen LogP contribution in [0.1, 0.15) is 46.0 Å². The van der Waals surface area contributed by atoms with Crippen molar-refractivity contribution in [2.75, 3.05) is 46.9 Å². The summed E-state index contributed by atoms with van der Waals surface area (Å²) >= 11 is 0. The number of rotatable bonds is 3. The van der Waals surface area contributed by atoms with Gasteiger partial charge in [0.25, 0.3) is 0 Å². The summed E-state index contributed by atoms with van der Waals surface area (Å²) in [5, 5.41) is 3.19.